The molecule has 3 N–H and O–H groups in total. The van der Waals surface area contributed by atoms with Crippen molar-refractivity contribution in [3.05, 3.63) is 0 Å². The van der Waals surface area contributed by atoms with E-state index in [-0.39, 0.29) is 30.1 Å². The standard InChI is InChI=1S/C6H13NO2S/c1-3-4(2-8)9-6(10)5(3)7/h3-6,8,10H,2,7H2,1H3. The highest BCUT2D eigenvalue weighted by Gasteiger charge is 2.36. The Balaban J connectivity index is 2.53. The summed E-state index contributed by atoms with van der Waals surface area (Å²) in [6, 6.07) is -0.0551. The van der Waals surface area contributed by atoms with Crippen LogP contribution >= 0.6 is 12.6 Å². The zero-order valence-electron chi connectivity index (χ0n) is 5.90. The van der Waals surface area contributed by atoms with Crippen LogP contribution in [0.4, 0.5) is 0 Å². The fraction of sp³-hybridized carbons (Fsp3) is 1.00. The van der Waals surface area contributed by atoms with Gasteiger partial charge >= 0.3 is 0 Å². The van der Waals surface area contributed by atoms with E-state index in [0.29, 0.717) is 0 Å². The van der Waals surface area contributed by atoms with Crippen molar-refractivity contribution in [3.8, 4) is 0 Å². The Morgan fingerprint density at radius 1 is 1.70 bits per heavy atom. The van der Waals surface area contributed by atoms with Crippen LogP contribution in [-0.2, 0) is 4.74 Å². The predicted octanol–water partition coefficient (Wildman–Crippen LogP) is -0.403. The molecule has 0 saturated carbocycles. The molecule has 0 aromatic rings. The molecule has 0 aromatic heterocycles. The molecule has 0 aliphatic carbocycles. The molecule has 0 aromatic carbocycles. The molecule has 4 unspecified atom stereocenters. The Hall–Kier alpha value is 0.230. The van der Waals surface area contributed by atoms with Crippen molar-refractivity contribution in [2.75, 3.05) is 6.61 Å². The van der Waals surface area contributed by atoms with Gasteiger partial charge in [0.25, 0.3) is 0 Å². The molecule has 0 spiro atoms. The lowest BCUT2D eigenvalue weighted by Crippen LogP contribution is -2.33. The highest BCUT2D eigenvalue weighted by atomic mass is 32.1. The Kier molecular flexibility index (Phi) is 2.57. The molecule has 0 amide bonds. The van der Waals surface area contributed by atoms with Crippen LogP contribution in [0.1, 0.15) is 6.92 Å². The van der Waals surface area contributed by atoms with Gasteiger partial charge in [-0.1, -0.05) is 6.92 Å². The number of thiol groups is 1. The lowest BCUT2D eigenvalue weighted by Gasteiger charge is -2.11. The molecular weight excluding hydrogens is 150 g/mol. The molecule has 60 valence electrons. The Bertz CT molecular complexity index is 122. The van der Waals surface area contributed by atoms with E-state index < -0.39 is 0 Å². The third-order valence-corrected chi connectivity index (χ3v) is 2.48. The minimum absolute atomic E-state index is 0.0337. The summed E-state index contributed by atoms with van der Waals surface area (Å²) in [5, 5.41) is 8.76. The first-order valence-corrected chi connectivity index (χ1v) is 3.88. The molecule has 10 heavy (non-hydrogen) atoms. The molecule has 1 saturated heterocycles. The smallest absolute Gasteiger partial charge is 0.116 e. The van der Waals surface area contributed by atoms with Gasteiger partial charge in [0.15, 0.2) is 0 Å². The third-order valence-electron chi connectivity index (χ3n) is 2.02. The van der Waals surface area contributed by atoms with Gasteiger partial charge in [-0.25, -0.2) is 0 Å². The van der Waals surface area contributed by atoms with E-state index in [1.165, 1.54) is 0 Å². The number of aliphatic hydroxyl groups excluding tert-OH is 1. The van der Waals surface area contributed by atoms with E-state index in [1.807, 2.05) is 6.92 Å². The molecule has 4 heteroatoms. The average Bonchev–Trinajstić information content (AvgIpc) is 2.17. The first-order chi connectivity index (χ1) is 4.66. The Labute approximate surface area is 66.0 Å². The van der Waals surface area contributed by atoms with E-state index >= 15 is 0 Å². The number of aliphatic hydroxyl groups is 1. The first-order valence-electron chi connectivity index (χ1n) is 3.36. The summed E-state index contributed by atoms with van der Waals surface area (Å²) in [5.74, 6) is 0.201. The molecule has 1 aliphatic rings. The number of rotatable bonds is 1. The van der Waals surface area contributed by atoms with Crippen LogP contribution < -0.4 is 5.73 Å². The summed E-state index contributed by atoms with van der Waals surface area (Å²) in [7, 11) is 0. The van der Waals surface area contributed by atoms with Gasteiger partial charge < -0.3 is 15.6 Å². The van der Waals surface area contributed by atoms with Crippen molar-refractivity contribution in [1.29, 1.82) is 0 Å². The average molecular weight is 163 g/mol. The molecule has 1 fully saturated rings. The molecule has 4 atom stereocenters. The van der Waals surface area contributed by atoms with Crippen LogP contribution in [0.3, 0.4) is 0 Å². The van der Waals surface area contributed by atoms with Crippen molar-refractivity contribution < 1.29 is 9.84 Å². The van der Waals surface area contributed by atoms with Gasteiger partial charge in [0.05, 0.1) is 12.7 Å². The maximum atomic E-state index is 8.76. The van der Waals surface area contributed by atoms with Gasteiger partial charge in [0, 0.05) is 12.0 Å². The maximum absolute atomic E-state index is 8.76. The van der Waals surface area contributed by atoms with E-state index in [2.05, 4.69) is 12.6 Å². The van der Waals surface area contributed by atoms with Crippen LogP contribution in [0.5, 0.6) is 0 Å². The molecule has 0 radical (unpaired) electrons. The maximum Gasteiger partial charge on any atom is 0.116 e. The molecular formula is C6H13NO2S. The summed E-state index contributed by atoms with van der Waals surface area (Å²) in [4.78, 5) is 0. The zero-order chi connectivity index (χ0) is 7.72. The SMILES string of the molecule is CC1C(CO)OC(S)C1N. The molecule has 1 aliphatic heterocycles. The summed E-state index contributed by atoms with van der Waals surface area (Å²) >= 11 is 4.10. The monoisotopic (exact) mass is 163 g/mol. The van der Waals surface area contributed by atoms with E-state index in [4.69, 9.17) is 15.6 Å². The first kappa shape index (κ1) is 8.33. The molecule has 0 bridgehead atoms. The molecule has 1 rings (SSSR count). The van der Waals surface area contributed by atoms with Gasteiger partial charge in [-0.3, -0.25) is 0 Å². The highest BCUT2D eigenvalue weighted by Crippen LogP contribution is 2.26. The van der Waals surface area contributed by atoms with Gasteiger partial charge in [-0.15, -0.1) is 12.6 Å². The number of nitrogens with two attached hydrogens (primary N) is 1. The summed E-state index contributed by atoms with van der Waals surface area (Å²) in [6.45, 7) is 1.99. The largest absolute Gasteiger partial charge is 0.394 e. The minimum Gasteiger partial charge on any atom is -0.394 e. The van der Waals surface area contributed by atoms with Gasteiger partial charge in [-0.05, 0) is 0 Å². The normalized spacial score (nSPS) is 48.0. The van der Waals surface area contributed by atoms with Crippen molar-refractivity contribution in [2.45, 2.75) is 24.5 Å². The van der Waals surface area contributed by atoms with Gasteiger partial charge in [0.2, 0.25) is 0 Å². The quantitative estimate of drug-likeness (QED) is 0.461. The van der Waals surface area contributed by atoms with Crippen LogP contribution in [0.25, 0.3) is 0 Å². The van der Waals surface area contributed by atoms with Crippen LogP contribution in [0.15, 0.2) is 0 Å². The van der Waals surface area contributed by atoms with Crippen LogP contribution in [0, 0.1) is 5.92 Å². The van der Waals surface area contributed by atoms with E-state index in [1.54, 1.807) is 0 Å². The topological polar surface area (TPSA) is 55.5 Å². The third kappa shape index (κ3) is 1.29. The molecule has 1 heterocycles. The zero-order valence-corrected chi connectivity index (χ0v) is 6.79. The van der Waals surface area contributed by atoms with E-state index in [9.17, 15) is 0 Å². The fourth-order valence-corrected chi connectivity index (χ4v) is 1.54. The number of hydrogen-bond acceptors (Lipinski definition) is 4. The summed E-state index contributed by atoms with van der Waals surface area (Å²) < 4.78 is 5.22. The van der Waals surface area contributed by atoms with Gasteiger partial charge in [0.1, 0.15) is 5.44 Å². The van der Waals surface area contributed by atoms with Crippen molar-refractivity contribution in [2.24, 2.45) is 11.7 Å². The fourth-order valence-electron chi connectivity index (χ4n) is 1.11. The van der Waals surface area contributed by atoms with Crippen molar-refractivity contribution >= 4 is 12.6 Å². The Morgan fingerprint density at radius 2 is 2.30 bits per heavy atom. The molecule has 3 nitrogen and oxygen atoms in total. The van der Waals surface area contributed by atoms with Gasteiger partial charge in [-0.2, -0.15) is 0 Å². The summed E-state index contributed by atoms with van der Waals surface area (Å²) in [6.07, 6.45) is -0.127. The van der Waals surface area contributed by atoms with E-state index in [0.717, 1.165) is 0 Å². The second kappa shape index (κ2) is 3.09. The second-order valence-electron chi connectivity index (χ2n) is 2.68. The van der Waals surface area contributed by atoms with Crippen LogP contribution in [-0.4, -0.2) is 29.3 Å². The second-order valence-corrected chi connectivity index (χ2v) is 3.19. The van der Waals surface area contributed by atoms with Crippen LogP contribution in [0.2, 0.25) is 0 Å². The van der Waals surface area contributed by atoms with Crippen molar-refractivity contribution in [3.63, 3.8) is 0 Å². The minimum atomic E-state index is -0.216. The van der Waals surface area contributed by atoms with Crippen molar-refractivity contribution in [1.82, 2.24) is 0 Å². The number of ether oxygens (including phenoxy) is 1. The highest BCUT2D eigenvalue weighted by molar-refractivity contribution is 7.80. The lowest BCUT2D eigenvalue weighted by atomic mass is 10.0. The summed E-state index contributed by atoms with van der Waals surface area (Å²) in [5.41, 5.74) is 5.46. The predicted molar refractivity (Wildman–Crippen MR) is 41.9 cm³/mol. The lowest BCUT2D eigenvalue weighted by molar-refractivity contribution is 0.0323. The Morgan fingerprint density at radius 3 is 2.50 bits per heavy atom. The number of hydrogen-bond donors (Lipinski definition) is 3.